The van der Waals surface area contributed by atoms with E-state index in [-0.39, 0.29) is 0 Å². The molecule has 0 aromatic rings. The molecule has 0 unspecified atom stereocenters. The van der Waals surface area contributed by atoms with Gasteiger partial charge in [0.25, 0.3) is 0 Å². The Hall–Kier alpha value is 0.538. The maximum atomic E-state index is 12.6. The monoisotopic (exact) mass is 290 g/mol. The van der Waals surface area contributed by atoms with E-state index in [1.807, 2.05) is 6.92 Å². The molecular formula is C11H30OSi4. The van der Waals surface area contributed by atoms with Crippen molar-refractivity contribution < 1.29 is 4.79 Å². The Bertz CT molecular complexity index is 242. The molecule has 0 atom stereocenters. The Morgan fingerprint density at radius 3 is 0.812 bits per heavy atom. The molecule has 0 amide bonds. The summed E-state index contributed by atoms with van der Waals surface area (Å²) in [4.78, 5) is 12.6. The first-order valence-corrected chi connectivity index (χ1v) is 21.7. The summed E-state index contributed by atoms with van der Waals surface area (Å²) in [5.74, 6) is 0. The lowest BCUT2D eigenvalue weighted by atomic mass is 10.9. The van der Waals surface area contributed by atoms with Crippen molar-refractivity contribution in [1.29, 1.82) is 0 Å². The Morgan fingerprint density at radius 2 is 0.812 bits per heavy atom. The third kappa shape index (κ3) is 2.37. The molecule has 0 aliphatic carbocycles. The molecule has 0 aromatic heterocycles. The van der Waals surface area contributed by atoms with E-state index in [2.05, 4.69) is 58.9 Å². The Morgan fingerprint density at radius 1 is 0.625 bits per heavy atom. The van der Waals surface area contributed by atoms with Crippen molar-refractivity contribution in [2.75, 3.05) is 0 Å². The molecule has 0 bridgehead atoms. The standard InChI is InChI=1S/C11H30OSi4/c1-11(12)16(13(2,3)4,14(5,6)7)15(8,9)10/h1-10H3. The predicted molar refractivity (Wildman–Crippen MR) is 86.5 cm³/mol. The van der Waals surface area contributed by atoms with E-state index in [0.717, 1.165) is 0 Å². The lowest BCUT2D eigenvalue weighted by molar-refractivity contribution is -0.110. The molecule has 96 valence electrons. The Labute approximate surface area is 105 Å². The van der Waals surface area contributed by atoms with Crippen molar-refractivity contribution >= 4 is 34.8 Å². The summed E-state index contributed by atoms with van der Waals surface area (Å²) in [5, 5.41) is 0.630. The summed E-state index contributed by atoms with van der Waals surface area (Å²) in [6.45, 7) is 22.3. The van der Waals surface area contributed by atoms with E-state index in [0.29, 0.717) is 5.41 Å². The van der Waals surface area contributed by atoms with Crippen LogP contribution in [0.15, 0.2) is 0 Å². The smallest absolute Gasteiger partial charge is 0.112 e. The lowest BCUT2D eigenvalue weighted by Crippen LogP contribution is -2.86. The average molecular weight is 291 g/mol. The van der Waals surface area contributed by atoms with E-state index in [9.17, 15) is 4.79 Å². The van der Waals surface area contributed by atoms with Gasteiger partial charge in [0.05, 0.1) is 0 Å². The van der Waals surface area contributed by atoms with Gasteiger partial charge in [-0.15, -0.1) is 0 Å². The van der Waals surface area contributed by atoms with Crippen LogP contribution in [-0.2, 0) is 4.79 Å². The van der Waals surface area contributed by atoms with Gasteiger partial charge in [-0.05, 0) is 6.92 Å². The highest BCUT2D eigenvalue weighted by Gasteiger charge is 2.64. The molecule has 0 spiro atoms. The molecule has 0 aromatic carbocycles. The lowest BCUT2D eigenvalue weighted by Gasteiger charge is -2.55. The minimum Gasteiger partial charge on any atom is -0.307 e. The minimum absolute atomic E-state index is 0.630. The maximum Gasteiger partial charge on any atom is 0.112 e. The quantitative estimate of drug-likeness (QED) is 0.720. The third-order valence-electron chi connectivity index (χ3n) is 3.90. The second-order valence-corrected chi connectivity index (χ2v) is 48.5. The fourth-order valence-electron chi connectivity index (χ4n) is 4.96. The van der Waals surface area contributed by atoms with E-state index in [1.54, 1.807) is 0 Å². The van der Waals surface area contributed by atoms with Gasteiger partial charge in [-0.1, -0.05) is 58.9 Å². The zero-order chi connectivity index (χ0) is 13.6. The van der Waals surface area contributed by atoms with E-state index in [4.69, 9.17) is 0 Å². The van der Waals surface area contributed by atoms with Gasteiger partial charge >= 0.3 is 0 Å². The van der Waals surface area contributed by atoms with Crippen LogP contribution in [-0.4, -0.2) is 34.8 Å². The summed E-state index contributed by atoms with van der Waals surface area (Å²) in [6, 6.07) is 0. The first-order valence-electron chi connectivity index (χ1n) is 6.20. The molecule has 1 nitrogen and oxygen atoms in total. The van der Waals surface area contributed by atoms with Gasteiger partial charge < -0.3 is 4.79 Å². The normalized spacial score (nSPS) is 15.1. The SMILES string of the molecule is CC(=O)[Si]([Si](C)(C)C)([Si](C)(C)C)[Si](C)(C)C. The summed E-state index contributed by atoms with van der Waals surface area (Å²) in [7, 11) is -4.07. The van der Waals surface area contributed by atoms with E-state index >= 15 is 0 Å². The van der Waals surface area contributed by atoms with E-state index in [1.165, 1.54) is 0 Å². The Kier molecular flexibility index (Phi) is 4.48. The summed E-state index contributed by atoms with van der Waals surface area (Å²) in [6.07, 6.45) is 0. The number of carbonyl (C=O) groups is 1. The molecule has 5 heteroatoms. The largest absolute Gasteiger partial charge is 0.307 e. The zero-order valence-corrected chi connectivity index (χ0v) is 16.9. The number of rotatable bonds is 4. The molecule has 0 fully saturated rings. The van der Waals surface area contributed by atoms with Gasteiger partial charge in [0.2, 0.25) is 0 Å². The molecular weight excluding hydrogens is 260 g/mol. The van der Waals surface area contributed by atoms with Gasteiger partial charge in [0, 0.05) is 22.8 Å². The summed E-state index contributed by atoms with van der Waals surface area (Å²) in [5.41, 5.74) is 0. The van der Waals surface area contributed by atoms with Crippen molar-refractivity contribution in [3.63, 3.8) is 0 Å². The highest BCUT2D eigenvalue weighted by atomic mass is 29.9. The number of carbonyl (C=O) groups excluding carboxylic acids is 1. The third-order valence-corrected chi connectivity index (χ3v) is 75.6. The van der Waals surface area contributed by atoms with Crippen molar-refractivity contribution in [2.24, 2.45) is 0 Å². The van der Waals surface area contributed by atoms with Crippen molar-refractivity contribution in [1.82, 2.24) is 0 Å². The molecule has 0 heterocycles. The van der Waals surface area contributed by atoms with Crippen LogP contribution in [0.25, 0.3) is 0 Å². The van der Waals surface area contributed by atoms with Crippen LogP contribution in [0.2, 0.25) is 58.9 Å². The van der Waals surface area contributed by atoms with Gasteiger partial charge in [-0.3, -0.25) is 0 Å². The van der Waals surface area contributed by atoms with Crippen LogP contribution in [0.1, 0.15) is 6.92 Å². The molecule has 0 rings (SSSR count). The maximum absolute atomic E-state index is 12.6. The average Bonchev–Trinajstić information content (AvgIpc) is 1.71. The van der Waals surface area contributed by atoms with Gasteiger partial charge in [-0.2, -0.15) is 0 Å². The number of hydrogen-bond acceptors (Lipinski definition) is 1. The first-order chi connectivity index (χ1) is 6.69. The topological polar surface area (TPSA) is 17.1 Å². The highest BCUT2D eigenvalue weighted by Crippen LogP contribution is 2.37. The summed E-state index contributed by atoms with van der Waals surface area (Å²) >= 11 is 0. The van der Waals surface area contributed by atoms with Crippen LogP contribution >= 0.6 is 0 Å². The van der Waals surface area contributed by atoms with Crippen molar-refractivity contribution in [2.45, 2.75) is 65.8 Å². The predicted octanol–water partition coefficient (Wildman–Crippen LogP) is 3.81. The second kappa shape index (κ2) is 4.33. The van der Waals surface area contributed by atoms with E-state index < -0.39 is 29.4 Å². The van der Waals surface area contributed by atoms with Crippen LogP contribution in [0.4, 0.5) is 0 Å². The first kappa shape index (κ1) is 16.5. The van der Waals surface area contributed by atoms with Crippen molar-refractivity contribution in [3.8, 4) is 0 Å². The zero-order valence-electron chi connectivity index (χ0n) is 12.9. The fraction of sp³-hybridized carbons (Fsp3) is 0.909. The Balaban J connectivity index is 6.17. The molecule has 0 N–H and O–H groups in total. The molecule has 16 heavy (non-hydrogen) atoms. The molecule has 0 saturated heterocycles. The fourth-order valence-corrected chi connectivity index (χ4v) is 105. The minimum atomic E-state index is -1.70. The van der Waals surface area contributed by atoms with Gasteiger partial charge in [0.15, 0.2) is 0 Å². The van der Waals surface area contributed by atoms with Crippen LogP contribution in [0.5, 0.6) is 0 Å². The van der Waals surface area contributed by atoms with Crippen LogP contribution in [0.3, 0.4) is 0 Å². The molecule has 0 aliphatic rings. The summed E-state index contributed by atoms with van der Waals surface area (Å²) < 4.78 is 0. The molecule has 0 aliphatic heterocycles. The van der Waals surface area contributed by atoms with Crippen LogP contribution in [0, 0.1) is 0 Å². The second-order valence-electron chi connectivity index (χ2n) is 8.06. The van der Waals surface area contributed by atoms with Gasteiger partial charge in [0.1, 0.15) is 12.0 Å². The highest BCUT2D eigenvalue weighted by molar-refractivity contribution is 7.96. The molecule has 0 radical (unpaired) electrons. The number of hydrogen-bond donors (Lipinski definition) is 0. The van der Waals surface area contributed by atoms with Crippen molar-refractivity contribution in [3.05, 3.63) is 0 Å². The molecule has 0 saturated carbocycles. The van der Waals surface area contributed by atoms with Crippen LogP contribution < -0.4 is 0 Å². The van der Waals surface area contributed by atoms with Gasteiger partial charge in [-0.25, -0.2) is 0 Å².